The van der Waals surface area contributed by atoms with Gasteiger partial charge >= 0.3 is 0 Å². The number of unbranched alkanes of at least 4 members (excludes halogenated alkanes) is 1. The third-order valence-corrected chi connectivity index (χ3v) is 2.32. The van der Waals surface area contributed by atoms with Crippen molar-refractivity contribution >= 4 is 17.5 Å². The Morgan fingerprint density at radius 3 is 2.57 bits per heavy atom. The molecule has 1 N–H and O–H groups in total. The average molecular weight is 222 g/mol. The summed E-state index contributed by atoms with van der Waals surface area (Å²) in [6.07, 6.45) is 2.29. The molecule has 0 fully saturated rings. The predicted octanol–water partition coefficient (Wildman–Crippen LogP) is 1.94. The first-order valence-electron chi connectivity index (χ1n) is 4.89. The molecule has 0 radical (unpaired) electrons. The maximum Gasteiger partial charge on any atom is 0.220 e. The standard InChI is InChI=1S/C10H20ClNO2/c1-10(2,14-3)8-12-9(13)6-4-5-7-11/h4-8H2,1-3H3,(H,12,13). The minimum absolute atomic E-state index is 0.0697. The van der Waals surface area contributed by atoms with E-state index in [4.69, 9.17) is 16.3 Å². The van der Waals surface area contributed by atoms with Gasteiger partial charge in [-0.3, -0.25) is 4.79 Å². The summed E-state index contributed by atoms with van der Waals surface area (Å²) in [5.74, 6) is 0.692. The van der Waals surface area contributed by atoms with Crippen LogP contribution in [0.2, 0.25) is 0 Å². The summed E-state index contributed by atoms with van der Waals surface area (Å²) in [5, 5.41) is 2.83. The predicted molar refractivity (Wildman–Crippen MR) is 58.7 cm³/mol. The van der Waals surface area contributed by atoms with Crippen LogP contribution in [-0.2, 0) is 9.53 Å². The van der Waals surface area contributed by atoms with E-state index in [0.29, 0.717) is 18.8 Å². The topological polar surface area (TPSA) is 38.3 Å². The molecule has 3 nitrogen and oxygen atoms in total. The highest BCUT2D eigenvalue weighted by Crippen LogP contribution is 2.05. The van der Waals surface area contributed by atoms with Gasteiger partial charge < -0.3 is 10.1 Å². The molecule has 0 aromatic rings. The smallest absolute Gasteiger partial charge is 0.220 e. The highest BCUT2D eigenvalue weighted by atomic mass is 35.5. The molecule has 14 heavy (non-hydrogen) atoms. The van der Waals surface area contributed by atoms with Crippen LogP contribution < -0.4 is 5.32 Å². The zero-order chi connectivity index (χ0) is 11.0. The zero-order valence-corrected chi connectivity index (χ0v) is 9.99. The van der Waals surface area contributed by atoms with Crippen LogP contribution in [0.15, 0.2) is 0 Å². The van der Waals surface area contributed by atoms with E-state index >= 15 is 0 Å². The van der Waals surface area contributed by atoms with Crippen molar-refractivity contribution in [1.82, 2.24) is 5.32 Å². The fourth-order valence-electron chi connectivity index (χ4n) is 0.852. The van der Waals surface area contributed by atoms with Gasteiger partial charge in [0.05, 0.1) is 5.60 Å². The first kappa shape index (κ1) is 13.7. The second-order valence-corrected chi connectivity index (χ2v) is 4.26. The first-order valence-corrected chi connectivity index (χ1v) is 5.43. The van der Waals surface area contributed by atoms with Gasteiger partial charge in [-0.05, 0) is 26.7 Å². The molecule has 0 atom stereocenters. The van der Waals surface area contributed by atoms with E-state index in [-0.39, 0.29) is 11.5 Å². The Labute approximate surface area is 91.2 Å². The molecular weight excluding hydrogens is 202 g/mol. The van der Waals surface area contributed by atoms with Crippen LogP contribution in [0.5, 0.6) is 0 Å². The van der Waals surface area contributed by atoms with Crippen molar-refractivity contribution in [2.45, 2.75) is 38.7 Å². The second kappa shape index (κ2) is 7.07. The van der Waals surface area contributed by atoms with E-state index in [0.717, 1.165) is 12.8 Å². The number of hydrogen-bond acceptors (Lipinski definition) is 2. The Morgan fingerprint density at radius 1 is 1.43 bits per heavy atom. The molecule has 0 rings (SSSR count). The summed E-state index contributed by atoms with van der Waals surface area (Å²) in [6, 6.07) is 0. The molecule has 0 unspecified atom stereocenters. The molecule has 0 bridgehead atoms. The van der Waals surface area contributed by atoms with Gasteiger partial charge in [0.1, 0.15) is 0 Å². The fourth-order valence-corrected chi connectivity index (χ4v) is 1.04. The Kier molecular flexibility index (Phi) is 6.93. The van der Waals surface area contributed by atoms with Crippen LogP contribution in [0, 0.1) is 0 Å². The number of alkyl halides is 1. The highest BCUT2D eigenvalue weighted by Gasteiger charge is 2.16. The summed E-state index contributed by atoms with van der Waals surface area (Å²) in [7, 11) is 1.64. The maximum atomic E-state index is 11.3. The van der Waals surface area contributed by atoms with E-state index in [1.807, 2.05) is 13.8 Å². The lowest BCUT2D eigenvalue weighted by Crippen LogP contribution is -2.39. The van der Waals surface area contributed by atoms with Gasteiger partial charge in [-0.2, -0.15) is 0 Å². The van der Waals surface area contributed by atoms with Gasteiger partial charge in [0, 0.05) is 26.0 Å². The molecule has 0 heterocycles. The van der Waals surface area contributed by atoms with Gasteiger partial charge in [0.15, 0.2) is 0 Å². The van der Waals surface area contributed by atoms with E-state index in [1.54, 1.807) is 7.11 Å². The Morgan fingerprint density at radius 2 is 2.07 bits per heavy atom. The van der Waals surface area contributed by atoms with Gasteiger partial charge in [-0.15, -0.1) is 11.6 Å². The van der Waals surface area contributed by atoms with Crippen molar-refractivity contribution in [1.29, 1.82) is 0 Å². The van der Waals surface area contributed by atoms with Crippen LogP contribution in [0.25, 0.3) is 0 Å². The van der Waals surface area contributed by atoms with Crippen molar-refractivity contribution in [3.63, 3.8) is 0 Å². The maximum absolute atomic E-state index is 11.3. The summed E-state index contributed by atoms with van der Waals surface area (Å²) in [5.41, 5.74) is -0.290. The van der Waals surface area contributed by atoms with Crippen LogP contribution in [0.4, 0.5) is 0 Å². The fraction of sp³-hybridized carbons (Fsp3) is 0.900. The van der Waals surface area contributed by atoms with Gasteiger partial charge in [-0.25, -0.2) is 0 Å². The summed E-state index contributed by atoms with van der Waals surface area (Å²) in [4.78, 5) is 11.3. The second-order valence-electron chi connectivity index (χ2n) is 3.89. The molecule has 0 aliphatic heterocycles. The number of ether oxygens (including phenoxy) is 1. The summed E-state index contributed by atoms with van der Waals surface area (Å²) >= 11 is 5.51. The largest absolute Gasteiger partial charge is 0.377 e. The molecule has 84 valence electrons. The first-order chi connectivity index (χ1) is 6.52. The molecule has 0 aliphatic carbocycles. The Balaban J connectivity index is 3.53. The highest BCUT2D eigenvalue weighted by molar-refractivity contribution is 6.17. The number of halogens is 1. The lowest BCUT2D eigenvalue weighted by Gasteiger charge is -2.23. The number of carbonyl (C=O) groups excluding carboxylic acids is 1. The van der Waals surface area contributed by atoms with Crippen LogP contribution >= 0.6 is 11.6 Å². The number of nitrogens with one attached hydrogen (secondary N) is 1. The molecule has 0 aliphatic rings. The van der Waals surface area contributed by atoms with Crippen LogP contribution in [-0.4, -0.2) is 31.0 Å². The number of methoxy groups -OCH3 is 1. The van der Waals surface area contributed by atoms with E-state index in [1.165, 1.54) is 0 Å². The molecule has 0 saturated carbocycles. The molecule has 4 heteroatoms. The molecule has 0 spiro atoms. The number of rotatable bonds is 7. The van der Waals surface area contributed by atoms with Crippen molar-refractivity contribution < 1.29 is 9.53 Å². The van der Waals surface area contributed by atoms with Crippen molar-refractivity contribution in [2.24, 2.45) is 0 Å². The third-order valence-electron chi connectivity index (χ3n) is 2.05. The molecule has 0 aromatic heterocycles. The number of carbonyl (C=O) groups is 1. The van der Waals surface area contributed by atoms with Crippen molar-refractivity contribution in [3.8, 4) is 0 Å². The average Bonchev–Trinajstić information content (AvgIpc) is 2.16. The van der Waals surface area contributed by atoms with Crippen molar-refractivity contribution in [3.05, 3.63) is 0 Å². The minimum atomic E-state index is -0.290. The molecular formula is C10H20ClNO2. The SMILES string of the molecule is COC(C)(C)CNC(=O)CCCCCl. The number of hydrogen-bond donors (Lipinski definition) is 1. The Hall–Kier alpha value is -0.280. The summed E-state index contributed by atoms with van der Waals surface area (Å²) in [6.45, 7) is 4.42. The van der Waals surface area contributed by atoms with E-state index in [2.05, 4.69) is 5.32 Å². The van der Waals surface area contributed by atoms with Crippen LogP contribution in [0.1, 0.15) is 33.1 Å². The van der Waals surface area contributed by atoms with Gasteiger partial charge in [0.2, 0.25) is 5.91 Å². The Bertz CT molecular complexity index is 172. The normalized spacial score (nSPS) is 11.4. The molecule has 0 aromatic carbocycles. The van der Waals surface area contributed by atoms with E-state index in [9.17, 15) is 4.79 Å². The number of amides is 1. The minimum Gasteiger partial charge on any atom is -0.377 e. The van der Waals surface area contributed by atoms with Crippen molar-refractivity contribution in [2.75, 3.05) is 19.5 Å². The van der Waals surface area contributed by atoms with Gasteiger partial charge in [0.25, 0.3) is 0 Å². The zero-order valence-electron chi connectivity index (χ0n) is 9.23. The lowest BCUT2D eigenvalue weighted by molar-refractivity contribution is -0.122. The lowest BCUT2D eigenvalue weighted by atomic mass is 10.1. The van der Waals surface area contributed by atoms with E-state index < -0.39 is 0 Å². The molecule has 1 amide bonds. The quantitative estimate of drug-likeness (QED) is 0.527. The summed E-state index contributed by atoms with van der Waals surface area (Å²) < 4.78 is 5.18. The third kappa shape index (κ3) is 7.15. The van der Waals surface area contributed by atoms with Gasteiger partial charge in [-0.1, -0.05) is 0 Å². The van der Waals surface area contributed by atoms with Crippen LogP contribution in [0.3, 0.4) is 0 Å². The monoisotopic (exact) mass is 221 g/mol. The molecule has 0 saturated heterocycles.